The van der Waals surface area contributed by atoms with Crippen molar-refractivity contribution in [2.75, 3.05) is 47.4 Å². The Kier molecular flexibility index (Phi) is 6.15. The topological polar surface area (TPSA) is 49.3 Å². The molecule has 2 fully saturated rings. The molecule has 2 atom stereocenters. The number of hydrogen-bond donors (Lipinski definition) is 1. The number of fused-ring (bicyclic) bond motifs is 1. The zero-order chi connectivity index (χ0) is 17.6. The normalized spacial score (nSPS) is 24.0. The monoisotopic (exact) mass is 346 g/mol. The number of aliphatic imine (C=N–C) groups is 1. The van der Waals surface area contributed by atoms with E-state index in [4.69, 9.17) is 9.47 Å². The zero-order valence-electron chi connectivity index (χ0n) is 15.6. The van der Waals surface area contributed by atoms with Gasteiger partial charge in [0.05, 0.1) is 19.8 Å². The van der Waals surface area contributed by atoms with Gasteiger partial charge in [0.15, 0.2) is 5.96 Å². The van der Waals surface area contributed by atoms with Crippen molar-refractivity contribution in [3.05, 3.63) is 29.8 Å². The summed E-state index contributed by atoms with van der Waals surface area (Å²) in [6.45, 7) is 4.70. The van der Waals surface area contributed by atoms with Crippen LogP contribution in [0.1, 0.15) is 18.4 Å². The summed E-state index contributed by atoms with van der Waals surface area (Å²) in [5, 5.41) is 3.46. The van der Waals surface area contributed by atoms with Crippen LogP contribution in [0.2, 0.25) is 0 Å². The minimum absolute atomic E-state index is 0.237. The van der Waals surface area contributed by atoms with Crippen LogP contribution in [0.5, 0.6) is 5.75 Å². The molecule has 6 nitrogen and oxygen atoms in total. The third-order valence-electron chi connectivity index (χ3n) is 5.10. The molecule has 0 saturated carbocycles. The van der Waals surface area contributed by atoms with Crippen LogP contribution in [-0.2, 0) is 11.3 Å². The molecule has 0 radical (unpaired) electrons. The van der Waals surface area contributed by atoms with Crippen LogP contribution < -0.4 is 10.1 Å². The summed E-state index contributed by atoms with van der Waals surface area (Å²) in [6.07, 6.45) is 2.83. The van der Waals surface area contributed by atoms with E-state index in [1.165, 1.54) is 24.9 Å². The standard InChI is InChI=1S/C19H30N4O2/c1-20-19(22(2)12-15-6-8-17(24-3)9-7-15)21-11-18-13-23-10-4-5-16(23)14-25-18/h6-9,16,18H,4-5,10-14H2,1-3H3,(H,20,21). The summed E-state index contributed by atoms with van der Waals surface area (Å²) < 4.78 is 11.2. The van der Waals surface area contributed by atoms with E-state index in [9.17, 15) is 0 Å². The van der Waals surface area contributed by atoms with Gasteiger partial charge >= 0.3 is 0 Å². The maximum atomic E-state index is 6.02. The van der Waals surface area contributed by atoms with E-state index in [2.05, 4.69) is 39.3 Å². The third kappa shape index (κ3) is 4.64. The van der Waals surface area contributed by atoms with E-state index in [0.717, 1.165) is 38.0 Å². The number of guanidine groups is 1. The summed E-state index contributed by atoms with van der Waals surface area (Å²) in [7, 11) is 5.56. The highest BCUT2D eigenvalue weighted by atomic mass is 16.5. The van der Waals surface area contributed by atoms with E-state index in [1.807, 2.05) is 19.2 Å². The Balaban J connectivity index is 1.48. The Morgan fingerprint density at radius 3 is 2.92 bits per heavy atom. The second-order valence-electron chi connectivity index (χ2n) is 6.88. The van der Waals surface area contributed by atoms with Gasteiger partial charge in [0.2, 0.25) is 0 Å². The van der Waals surface area contributed by atoms with Crippen molar-refractivity contribution in [1.82, 2.24) is 15.1 Å². The molecule has 138 valence electrons. The molecule has 0 aromatic heterocycles. The molecule has 0 spiro atoms. The van der Waals surface area contributed by atoms with Gasteiger partial charge in [-0.3, -0.25) is 9.89 Å². The number of benzene rings is 1. The lowest BCUT2D eigenvalue weighted by atomic mass is 10.2. The second-order valence-corrected chi connectivity index (χ2v) is 6.88. The van der Waals surface area contributed by atoms with Crippen molar-refractivity contribution < 1.29 is 9.47 Å². The number of hydrogen-bond acceptors (Lipinski definition) is 4. The lowest BCUT2D eigenvalue weighted by Gasteiger charge is -2.35. The van der Waals surface area contributed by atoms with Crippen molar-refractivity contribution >= 4 is 5.96 Å². The fraction of sp³-hybridized carbons (Fsp3) is 0.632. The molecule has 1 N–H and O–H groups in total. The predicted octanol–water partition coefficient (Wildman–Crippen LogP) is 1.57. The second kappa shape index (κ2) is 8.54. The Labute approximate surface area is 150 Å². The van der Waals surface area contributed by atoms with E-state index < -0.39 is 0 Å². The quantitative estimate of drug-likeness (QED) is 0.648. The van der Waals surface area contributed by atoms with Gasteiger partial charge in [0.25, 0.3) is 0 Å². The van der Waals surface area contributed by atoms with Crippen LogP contribution in [0.3, 0.4) is 0 Å². The Morgan fingerprint density at radius 2 is 2.20 bits per heavy atom. The summed E-state index contributed by atoms with van der Waals surface area (Å²) in [4.78, 5) is 9.10. The first kappa shape index (κ1) is 18.0. The molecular formula is C19H30N4O2. The van der Waals surface area contributed by atoms with Crippen LogP contribution in [0.25, 0.3) is 0 Å². The number of ether oxygens (including phenoxy) is 2. The molecule has 3 rings (SSSR count). The van der Waals surface area contributed by atoms with Crippen LogP contribution in [-0.4, -0.2) is 75.4 Å². The molecule has 1 aromatic carbocycles. The molecular weight excluding hydrogens is 316 g/mol. The number of methoxy groups -OCH3 is 1. The van der Waals surface area contributed by atoms with Crippen molar-refractivity contribution in [2.45, 2.75) is 31.5 Å². The van der Waals surface area contributed by atoms with Crippen LogP contribution in [0.15, 0.2) is 29.3 Å². The predicted molar refractivity (Wildman–Crippen MR) is 100 cm³/mol. The fourth-order valence-electron chi connectivity index (χ4n) is 3.68. The Hall–Kier alpha value is -1.79. The summed E-state index contributed by atoms with van der Waals surface area (Å²) in [6, 6.07) is 8.79. The third-order valence-corrected chi connectivity index (χ3v) is 5.10. The molecule has 2 heterocycles. The lowest BCUT2D eigenvalue weighted by molar-refractivity contribution is -0.0454. The molecule has 0 bridgehead atoms. The Bertz CT molecular complexity index is 575. The minimum Gasteiger partial charge on any atom is -0.497 e. The highest BCUT2D eigenvalue weighted by Gasteiger charge is 2.32. The highest BCUT2D eigenvalue weighted by Crippen LogP contribution is 2.22. The number of morpholine rings is 1. The average molecular weight is 346 g/mol. The summed E-state index contributed by atoms with van der Waals surface area (Å²) in [5.41, 5.74) is 1.22. The van der Waals surface area contributed by atoms with Gasteiger partial charge in [-0.15, -0.1) is 0 Å². The molecule has 6 heteroatoms. The SMILES string of the molecule is CN=C(NCC1CN2CCCC2CO1)N(C)Cc1ccc(OC)cc1. The average Bonchev–Trinajstić information content (AvgIpc) is 3.10. The van der Waals surface area contributed by atoms with Crippen molar-refractivity contribution in [3.63, 3.8) is 0 Å². The van der Waals surface area contributed by atoms with Crippen LogP contribution in [0, 0.1) is 0 Å². The molecule has 2 saturated heterocycles. The van der Waals surface area contributed by atoms with Gasteiger partial charge < -0.3 is 19.7 Å². The molecule has 0 amide bonds. The fourth-order valence-corrected chi connectivity index (χ4v) is 3.68. The van der Waals surface area contributed by atoms with Gasteiger partial charge in [0.1, 0.15) is 5.75 Å². The smallest absolute Gasteiger partial charge is 0.193 e. The van der Waals surface area contributed by atoms with Gasteiger partial charge in [-0.2, -0.15) is 0 Å². The molecule has 0 aliphatic carbocycles. The maximum Gasteiger partial charge on any atom is 0.193 e. The first-order chi connectivity index (χ1) is 12.2. The van der Waals surface area contributed by atoms with E-state index in [1.54, 1.807) is 7.11 Å². The van der Waals surface area contributed by atoms with E-state index in [-0.39, 0.29) is 6.10 Å². The van der Waals surface area contributed by atoms with Gasteiger partial charge in [-0.1, -0.05) is 12.1 Å². The van der Waals surface area contributed by atoms with E-state index >= 15 is 0 Å². The minimum atomic E-state index is 0.237. The van der Waals surface area contributed by atoms with Gasteiger partial charge in [-0.25, -0.2) is 0 Å². The van der Waals surface area contributed by atoms with Gasteiger partial charge in [-0.05, 0) is 37.1 Å². The lowest BCUT2D eigenvalue weighted by Crippen LogP contribution is -2.51. The van der Waals surface area contributed by atoms with Gasteiger partial charge in [0, 0.05) is 39.8 Å². The highest BCUT2D eigenvalue weighted by molar-refractivity contribution is 5.79. The first-order valence-electron chi connectivity index (χ1n) is 9.10. The first-order valence-corrected chi connectivity index (χ1v) is 9.10. The number of nitrogens with one attached hydrogen (secondary N) is 1. The molecule has 25 heavy (non-hydrogen) atoms. The molecule has 2 aliphatic rings. The number of rotatable bonds is 5. The largest absolute Gasteiger partial charge is 0.497 e. The van der Waals surface area contributed by atoms with Crippen LogP contribution in [0.4, 0.5) is 0 Å². The zero-order valence-corrected chi connectivity index (χ0v) is 15.6. The Morgan fingerprint density at radius 1 is 1.40 bits per heavy atom. The van der Waals surface area contributed by atoms with Crippen molar-refractivity contribution in [1.29, 1.82) is 0 Å². The molecule has 2 aliphatic heterocycles. The van der Waals surface area contributed by atoms with Crippen LogP contribution >= 0.6 is 0 Å². The summed E-state index contributed by atoms with van der Waals surface area (Å²) >= 11 is 0. The maximum absolute atomic E-state index is 6.02. The van der Waals surface area contributed by atoms with Crippen molar-refractivity contribution in [2.24, 2.45) is 4.99 Å². The van der Waals surface area contributed by atoms with E-state index in [0.29, 0.717) is 6.04 Å². The van der Waals surface area contributed by atoms with Crippen molar-refractivity contribution in [3.8, 4) is 5.75 Å². The molecule has 2 unspecified atom stereocenters. The summed E-state index contributed by atoms with van der Waals surface area (Å²) in [5.74, 6) is 1.77. The number of nitrogens with zero attached hydrogens (tertiary/aromatic N) is 3. The molecule has 1 aromatic rings.